The maximum Gasteiger partial charge on any atom is 0.279 e. The second-order valence-electron chi connectivity index (χ2n) is 7.72. The lowest BCUT2D eigenvalue weighted by Crippen LogP contribution is -2.49. The van der Waals surface area contributed by atoms with Gasteiger partial charge in [-0.1, -0.05) is 26.0 Å². The number of likely N-dealkylation sites (tertiary alicyclic amines) is 1. The van der Waals surface area contributed by atoms with Crippen molar-refractivity contribution in [3.8, 4) is 5.75 Å². The highest BCUT2D eigenvalue weighted by molar-refractivity contribution is 5.90. The molecule has 0 saturated carbocycles. The van der Waals surface area contributed by atoms with Crippen LogP contribution >= 0.6 is 0 Å². The van der Waals surface area contributed by atoms with Crippen LogP contribution in [0.5, 0.6) is 5.75 Å². The Balaban J connectivity index is 1.44. The molecule has 1 aliphatic heterocycles. The van der Waals surface area contributed by atoms with Gasteiger partial charge >= 0.3 is 0 Å². The van der Waals surface area contributed by atoms with Crippen LogP contribution in [0.1, 0.15) is 44.4 Å². The van der Waals surface area contributed by atoms with E-state index < -0.39 is 23.8 Å². The number of rotatable bonds is 7. The number of furan rings is 1. The van der Waals surface area contributed by atoms with Crippen LogP contribution in [0.25, 0.3) is 0 Å². The summed E-state index contributed by atoms with van der Waals surface area (Å²) in [5.74, 6) is 0.0908. The van der Waals surface area contributed by atoms with Gasteiger partial charge in [0.1, 0.15) is 11.5 Å². The van der Waals surface area contributed by atoms with Crippen molar-refractivity contribution >= 4 is 17.7 Å². The number of benzene rings is 1. The Morgan fingerprint density at radius 2 is 1.90 bits per heavy atom. The molecule has 1 aromatic heterocycles. The second-order valence-corrected chi connectivity index (χ2v) is 7.72. The Bertz CT molecular complexity index is 877. The van der Waals surface area contributed by atoms with Crippen LogP contribution in [0.3, 0.4) is 0 Å². The van der Waals surface area contributed by atoms with E-state index in [9.17, 15) is 14.4 Å². The van der Waals surface area contributed by atoms with Crippen LogP contribution in [0.2, 0.25) is 0 Å². The standard InChI is InChI=1S/C22H27N3O5/c1-14(2)16-6-8-18(9-7-16)30-15(3)21(27)23-24-22(28)17-11-20(26)25(12-17)13-19-5-4-10-29-19/h4-10,14-15,17H,11-13H2,1-3H3,(H,23,27)(H,24,28). The summed E-state index contributed by atoms with van der Waals surface area (Å²) >= 11 is 0. The molecule has 8 heteroatoms. The lowest BCUT2D eigenvalue weighted by molar-refractivity contribution is -0.134. The molecule has 30 heavy (non-hydrogen) atoms. The molecule has 0 aliphatic carbocycles. The van der Waals surface area contributed by atoms with Crippen LogP contribution in [0, 0.1) is 5.92 Å². The fourth-order valence-corrected chi connectivity index (χ4v) is 3.21. The predicted molar refractivity (Wildman–Crippen MR) is 109 cm³/mol. The van der Waals surface area contributed by atoms with E-state index in [-0.39, 0.29) is 18.9 Å². The van der Waals surface area contributed by atoms with E-state index in [1.54, 1.807) is 24.0 Å². The Labute approximate surface area is 175 Å². The topological polar surface area (TPSA) is 101 Å². The van der Waals surface area contributed by atoms with Gasteiger partial charge in [-0.05, 0) is 42.7 Å². The Morgan fingerprint density at radius 3 is 2.53 bits per heavy atom. The van der Waals surface area contributed by atoms with Crippen LogP contribution in [-0.4, -0.2) is 35.3 Å². The largest absolute Gasteiger partial charge is 0.481 e. The van der Waals surface area contributed by atoms with Gasteiger partial charge in [0.2, 0.25) is 11.8 Å². The van der Waals surface area contributed by atoms with Gasteiger partial charge in [0.05, 0.1) is 18.7 Å². The molecule has 3 amide bonds. The maximum atomic E-state index is 12.4. The number of carbonyl (C=O) groups is 3. The monoisotopic (exact) mass is 413 g/mol. The predicted octanol–water partition coefficient (Wildman–Crippen LogP) is 2.37. The van der Waals surface area contributed by atoms with Crippen molar-refractivity contribution in [2.24, 2.45) is 5.92 Å². The number of hydrogen-bond acceptors (Lipinski definition) is 5. The zero-order chi connectivity index (χ0) is 21.7. The lowest BCUT2D eigenvalue weighted by atomic mass is 10.0. The van der Waals surface area contributed by atoms with Gasteiger partial charge in [-0.25, -0.2) is 0 Å². The zero-order valence-corrected chi connectivity index (χ0v) is 17.4. The summed E-state index contributed by atoms with van der Waals surface area (Å²) in [6.07, 6.45) is 0.838. The summed E-state index contributed by atoms with van der Waals surface area (Å²) in [5.41, 5.74) is 5.95. The summed E-state index contributed by atoms with van der Waals surface area (Å²) in [5, 5.41) is 0. The van der Waals surface area contributed by atoms with Crippen LogP contribution in [0.4, 0.5) is 0 Å². The first-order chi connectivity index (χ1) is 14.3. The molecule has 2 atom stereocenters. The molecule has 2 N–H and O–H groups in total. The van der Waals surface area contributed by atoms with Crippen molar-refractivity contribution in [3.05, 3.63) is 54.0 Å². The van der Waals surface area contributed by atoms with E-state index in [0.29, 0.717) is 24.0 Å². The zero-order valence-electron chi connectivity index (χ0n) is 17.4. The summed E-state index contributed by atoms with van der Waals surface area (Å²) in [6, 6.07) is 11.1. The van der Waals surface area contributed by atoms with E-state index >= 15 is 0 Å². The third kappa shape index (κ3) is 5.40. The van der Waals surface area contributed by atoms with Crippen LogP contribution in [0.15, 0.2) is 47.1 Å². The van der Waals surface area contributed by atoms with E-state index in [1.807, 2.05) is 24.3 Å². The molecule has 1 saturated heterocycles. The van der Waals surface area contributed by atoms with Gasteiger partial charge in [-0.2, -0.15) is 0 Å². The first-order valence-electron chi connectivity index (χ1n) is 10.00. The van der Waals surface area contributed by atoms with Gasteiger partial charge < -0.3 is 14.1 Å². The molecule has 1 aromatic carbocycles. The molecule has 0 bridgehead atoms. The number of amides is 3. The fraction of sp³-hybridized carbons (Fsp3) is 0.409. The summed E-state index contributed by atoms with van der Waals surface area (Å²) in [7, 11) is 0. The van der Waals surface area contributed by atoms with Gasteiger partial charge in [-0.3, -0.25) is 25.2 Å². The normalized spacial score (nSPS) is 17.1. The van der Waals surface area contributed by atoms with Crippen molar-refractivity contribution < 1.29 is 23.5 Å². The molecular formula is C22H27N3O5. The van der Waals surface area contributed by atoms with Crippen LogP contribution < -0.4 is 15.6 Å². The van der Waals surface area contributed by atoms with Crippen molar-refractivity contribution in [1.82, 2.24) is 15.8 Å². The number of carbonyl (C=O) groups excluding carboxylic acids is 3. The van der Waals surface area contributed by atoms with E-state index in [2.05, 4.69) is 24.7 Å². The highest BCUT2D eigenvalue weighted by atomic mass is 16.5. The fourth-order valence-electron chi connectivity index (χ4n) is 3.21. The minimum atomic E-state index is -0.795. The molecule has 2 unspecified atom stereocenters. The lowest BCUT2D eigenvalue weighted by Gasteiger charge is -2.17. The quantitative estimate of drug-likeness (QED) is 0.679. The van der Waals surface area contributed by atoms with E-state index in [1.165, 1.54) is 11.8 Å². The van der Waals surface area contributed by atoms with E-state index in [4.69, 9.17) is 9.15 Å². The first kappa shape index (κ1) is 21.4. The number of nitrogens with one attached hydrogen (secondary N) is 2. The Kier molecular flexibility index (Phi) is 6.76. The summed E-state index contributed by atoms with van der Waals surface area (Å²) < 4.78 is 10.9. The molecule has 160 valence electrons. The van der Waals surface area contributed by atoms with E-state index in [0.717, 1.165) is 0 Å². The van der Waals surface area contributed by atoms with Crippen molar-refractivity contribution in [1.29, 1.82) is 0 Å². The van der Waals surface area contributed by atoms with Crippen molar-refractivity contribution in [2.75, 3.05) is 6.54 Å². The average Bonchev–Trinajstić information content (AvgIpc) is 3.36. The van der Waals surface area contributed by atoms with Crippen LogP contribution in [-0.2, 0) is 20.9 Å². The van der Waals surface area contributed by atoms with Crippen molar-refractivity contribution in [3.63, 3.8) is 0 Å². The molecule has 0 spiro atoms. The number of nitrogens with zero attached hydrogens (tertiary/aromatic N) is 1. The SMILES string of the molecule is CC(Oc1ccc(C(C)C)cc1)C(=O)NNC(=O)C1CC(=O)N(Cc2ccco2)C1. The molecule has 2 aromatic rings. The third-order valence-corrected chi connectivity index (χ3v) is 5.05. The third-order valence-electron chi connectivity index (χ3n) is 5.05. The molecule has 1 aliphatic rings. The van der Waals surface area contributed by atoms with Gasteiger partial charge in [0.25, 0.3) is 5.91 Å². The number of hydrogen-bond donors (Lipinski definition) is 2. The maximum absolute atomic E-state index is 12.4. The molecule has 3 rings (SSSR count). The van der Waals surface area contributed by atoms with Crippen molar-refractivity contribution in [2.45, 2.75) is 45.8 Å². The Morgan fingerprint density at radius 1 is 1.17 bits per heavy atom. The van der Waals surface area contributed by atoms with Gasteiger partial charge in [-0.15, -0.1) is 0 Å². The number of ether oxygens (including phenoxy) is 1. The smallest absolute Gasteiger partial charge is 0.279 e. The Hall–Kier alpha value is -3.29. The first-order valence-corrected chi connectivity index (χ1v) is 10.00. The molecular weight excluding hydrogens is 386 g/mol. The highest BCUT2D eigenvalue weighted by Crippen LogP contribution is 2.21. The minimum absolute atomic E-state index is 0.0939. The molecule has 1 fully saturated rings. The second kappa shape index (κ2) is 9.47. The highest BCUT2D eigenvalue weighted by Gasteiger charge is 2.35. The minimum Gasteiger partial charge on any atom is -0.481 e. The molecule has 8 nitrogen and oxygen atoms in total. The summed E-state index contributed by atoms with van der Waals surface area (Å²) in [6.45, 7) is 6.39. The van der Waals surface area contributed by atoms with Gasteiger partial charge in [0.15, 0.2) is 6.10 Å². The average molecular weight is 413 g/mol. The van der Waals surface area contributed by atoms with Gasteiger partial charge in [0, 0.05) is 13.0 Å². The number of hydrazine groups is 1. The molecule has 0 radical (unpaired) electrons. The summed E-state index contributed by atoms with van der Waals surface area (Å²) in [4.78, 5) is 38.3. The molecule has 2 heterocycles.